The Morgan fingerprint density at radius 2 is 2.39 bits per heavy atom. The van der Waals surface area contributed by atoms with E-state index in [0.29, 0.717) is 13.1 Å². The molecule has 1 aliphatic rings. The third kappa shape index (κ3) is 2.68. The van der Waals surface area contributed by atoms with Gasteiger partial charge in [-0.1, -0.05) is 6.07 Å². The van der Waals surface area contributed by atoms with Crippen molar-refractivity contribution in [3.63, 3.8) is 0 Å². The molecule has 3 N–H and O–H groups in total. The number of carbonyl (C=O) groups excluding carboxylic acids is 1. The van der Waals surface area contributed by atoms with E-state index < -0.39 is 6.10 Å². The minimum Gasteiger partial charge on any atom is -0.390 e. The van der Waals surface area contributed by atoms with Gasteiger partial charge in [-0.3, -0.25) is 4.90 Å². The van der Waals surface area contributed by atoms with Gasteiger partial charge in [-0.25, -0.2) is 4.79 Å². The molecule has 2 rings (SSSR count). The van der Waals surface area contributed by atoms with Crippen LogP contribution in [0.3, 0.4) is 0 Å². The molecule has 0 bridgehead atoms. The van der Waals surface area contributed by atoms with Gasteiger partial charge in [0.05, 0.1) is 17.7 Å². The van der Waals surface area contributed by atoms with Gasteiger partial charge in [0.15, 0.2) is 0 Å². The number of aliphatic hydroxyl groups excluding tert-OH is 1. The third-order valence-electron chi connectivity index (χ3n) is 2.90. The third-order valence-corrected chi connectivity index (χ3v) is 3.26. The maximum Gasteiger partial charge on any atom is 0.321 e. The van der Waals surface area contributed by atoms with Crippen molar-refractivity contribution < 1.29 is 9.90 Å². The summed E-state index contributed by atoms with van der Waals surface area (Å²) in [6, 6.07) is 5.67. The fourth-order valence-electron chi connectivity index (χ4n) is 1.82. The van der Waals surface area contributed by atoms with Crippen molar-refractivity contribution in [3.8, 4) is 0 Å². The maximum atomic E-state index is 11.5. The molecule has 1 aromatic carbocycles. The number of halogens is 1. The first kappa shape index (κ1) is 13.0. The molecule has 1 aliphatic heterocycles. The number of benzene rings is 1. The van der Waals surface area contributed by atoms with Gasteiger partial charge in [0.1, 0.15) is 0 Å². The van der Waals surface area contributed by atoms with E-state index in [1.165, 1.54) is 0 Å². The van der Waals surface area contributed by atoms with Crippen LogP contribution in [-0.4, -0.2) is 36.7 Å². The molecule has 1 unspecified atom stereocenters. The summed E-state index contributed by atoms with van der Waals surface area (Å²) in [5, 5.41) is 15.2. The van der Waals surface area contributed by atoms with Crippen LogP contribution in [0, 0.1) is 0 Å². The molecule has 0 saturated heterocycles. The molecule has 5 nitrogen and oxygen atoms in total. The number of nitrogens with zero attached hydrogens (tertiary/aromatic N) is 1. The van der Waals surface area contributed by atoms with Crippen LogP contribution in [0.1, 0.15) is 5.56 Å². The molecule has 0 saturated carbocycles. The molecule has 0 radical (unpaired) electrons. The predicted molar refractivity (Wildman–Crippen MR) is 72.3 cm³/mol. The van der Waals surface area contributed by atoms with Crippen LogP contribution in [0.5, 0.6) is 0 Å². The fourth-order valence-corrected chi connectivity index (χ4v) is 1.93. The van der Waals surface area contributed by atoms with Gasteiger partial charge < -0.3 is 15.7 Å². The Balaban J connectivity index is 2.13. The van der Waals surface area contributed by atoms with Gasteiger partial charge in [-0.2, -0.15) is 0 Å². The van der Waals surface area contributed by atoms with E-state index in [9.17, 15) is 9.90 Å². The van der Waals surface area contributed by atoms with E-state index in [0.717, 1.165) is 16.9 Å². The number of rotatable bonds is 4. The molecular weight excluding hydrogens is 254 g/mol. The van der Waals surface area contributed by atoms with Crippen LogP contribution >= 0.6 is 11.6 Å². The molecular formula is C12H16ClN3O2. The molecule has 1 atom stereocenters. The molecule has 6 heteroatoms. The molecule has 98 valence electrons. The summed E-state index contributed by atoms with van der Waals surface area (Å²) in [5.41, 5.74) is 2.81. The number of aliphatic hydroxyl groups is 1. The lowest BCUT2D eigenvalue weighted by atomic mass is 10.1. The topological polar surface area (TPSA) is 64.6 Å². The number of hydrogen-bond donors (Lipinski definition) is 3. The van der Waals surface area contributed by atoms with Gasteiger partial charge >= 0.3 is 6.03 Å². The van der Waals surface area contributed by atoms with E-state index >= 15 is 0 Å². The summed E-state index contributed by atoms with van der Waals surface area (Å²) in [6.07, 6.45) is -0.580. The van der Waals surface area contributed by atoms with Crippen molar-refractivity contribution in [1.29, 1.82) is 0 Å². The van der Waals surface area contributed by atoms with Gasteiger partial charge in [0.2, 0.25) is 0 Å². The predicted octanol–water partition coefficient (Wildman–Crippen LogP) is 1.36. The zero-order chi connectivity index (χ0) is 13.1. The lowest BCUT2D eigenvalue weighted by Gasteiger charge is -2.27. The number of urea groups is 1. The Hall–Kier alpha value is -1.46. The van der Waals surface area contributed by atoms with Crippen molar-refractivity contribution in [2.24, 2.45) is 0 Å². The number of nitrogens with one attached hydrogen (secondary N) is 2. The molecule has 2 amide bonds. The smallest absolute Gasteiger partial charge is 0.321 e. The number of amides is 2. The number of hydrogen-bond acceptors (Lipinski definition) is 3. The highest BCUT2D eigenvalue weighted by Crippen LogP contribution is 2.26. The van der Waals surface area contributed by atoms with Gasteiger partial charge in [0, 0.05) is 25.8 Å². The highest BCUT2D eigenvalue weighted by molar-refractivity contribution is 6.18. The van der Waals surface area contributed by atoms with Crippen LogP contribution in [0.4, 0.5) is 16.2 Å². The number of carbonyl (C=O) groups is 1. The van der Waals surface area contributed by atoms with E-state index in [4.69, 9.17) is 11.6 Å². The molecule has 1 heterocycles. The SMILES string of the molecule is CN1C(=O)NCc2ccc(NCC(O)CCl)cc21. The molecule has 0 fully saturated rings. The summed E-state index contributed by atoms with van der Waals surface area (Å²) in [4.78, 5) is 13.1. The second kappa shape index (κ2) is 5.46. The summed E-state index contributed by atoms with van der Waals surface area (Å²) in [7, 11) is 1.73. The lowest BCUT2D eigenvalue weighted by molar-refractivity contribution is 0.211. The number of fused-ring (bicyclic) bond motifs is 1. The second-order valence-electron chi connectivity index (χ2n) is 4.25. The summed E-state index contributed by atoms with van der Waals surface area (Å²) in [6.45, 7) is 0.932. The normalized spacial score (nSPS) is 15.9. The Kier molecular flexibility index (Phi) is 3.93. The van der Waals surface area contributed by atoms with Crippen molar-refractivity contribution >= 4 is 29.0 Å². The van der Waals surface area contributed by atoms with E-state index in [2.05, 4.69) is 10.6 Å². The molecule has 0 aliphatic carbocycles. The van der Waals surface area contributed by atoms with E-state index in [1.54, 1.807) is 11.9 Å². The van der Waals surface area contributed by atoms with Crippen LogP contribution in [0.15, 0.2) is 18.2 Å². The Morgan fingerprint density at radius 1 is 1.61 bits per heavy atom. The Labute approximate surface area is 111 Å². The zero-order valence-corrected chi connectivity index (χ0v) is 10.9. The fraction of sp³-hybridized carbons (Fsp3) is 0.417. The van der Waals surface area contributed by atoms with E-state index in [1.807, 2.05) is 18.2 Å². The lowest BCUT2D eigenvalue weighted by Crippen LogP contribution is -2.41. The minimum atomic E-state index is -0.580. The van der Waals surface area contributed by atoms with Crippen LogP contribution in [0.2, 0.25) is 0 Å². The summed E-state index contributed by atoms with van der Waals surface area (Å²) in [5.74, 6) is 0.195. The van der Waals surface area contributed by atoms with Gasteiger partial charge in [-0.05, 0) is 17.7 Å². The maximum absolute atomic E-state index is 11.5. The molecule has 18 heavy (non-hydrogen) atoms. The average molecular weight is 270 g/mol. The molecule has 1 aromatic rings. The Bertz CT molecular complexity index is 453. The highest BCUT2D eigenvalue weighted by Gasteiger charge is 2.20. The first-order valence-electron chi connectivity index (χ1n) is 5.74. The number of alkyl halides is 1. The monoisotopic (exact) mass is 269 g/mol. The van der Waals surface area contributed by atoms with Crippen molar-refractivity contribution in [1.82, 2.24) is 5.32 Å². The first-order chi connectivity index (χ1) is 8.61. The number of anilines is 2. The standard InChI is InChI=1S/C12H16ClN3O2/c1-16-11-4-9(14-7-10(17)5-13)3-2-8(11)6-15-12(16)18/h2-4,10,14,17H,5-7H2,1H3,(H,15,18). The van der Waals surface area contributed by atoms with Crippen LogP contribution in [0.25, 0.3) is 0 Å². The van der Waals surface area contributed by atoms with Crippen molar-refractivity contribution in [2.75, 3.05) is 29.7 Å². The summed E-state index contributed by atoms with van der Waals surface area (Å²) < 4.78 is 0. The largest absolute Gasteiger partial charge is 0.390 e. The second-order valence-corrected chi connectivity index (χ2v) is 4.56. The van der Waals surface area contributed by atoms with Crippen LogP contribution < -0.4 is 15.5 Å². The van der Waals surface area contributed by atoms with E-state index in [-0.39, 0.29) is 11.9 Å². The quantitative estimate of drug-likeness (QED) is 0.723. The highest BCUT2D eigenvalue weighted by atomic mass is 35.5. The Morgan fingerprint density at radius 3 is 3.11 bits per heavy atom. The van der Waals surface area contributed by atoms with Gasteiger partial charge in [0.25, 0.3) is 0 Å². The average Bonchev–Trinajstić information content (AvgIpc) is 2.40. The van der Waals surface area contributed by atoms with Gasteiger partial charge in [-0.15, -0.1) is 11.6 Å². The summed E-state index contributed by atoms with van der Waals surface area (Å²) >= 11 is 5.52. The van der Waals surface area contributed by atoms with Crippen molar-refractivity contribution in [2.45, 2.75) is 12.6 Å². The van der Waals surface area contributed by atoms with Crippen molar-refractivity contribution in [3.05, 3.63) is 23.8 Å². The molecule has 0 aromatic heterocycles. The minimum absolute atomic E-state index is 0.111. The molecule has 0 spiro atoms. The first-order valence-corrected chi connectivity index (χ1v) is 6.27. The van der Waals surface area contributed by atoms with Crippen LogP contribution in [-0.2, 0) is 6.54 Å². The zero-order valence-electron chi connectivity index (χ0n) is 10.1.